The Morgan fingerprint density at radius 3 is 2.86 bits per heavy atom. The van der Waals surface area contributed by atoms with Gasteiger partial charge in [-0.2, -0.15) is 0 Å². The summed E-state index contributed by atoms with van der Waals surface area (Å²) >= 11 is 1.52. The maximum absolute atomic E-state index is 12.3. The summed E-state index contributed by atoms with van der Waals surface area (Å²) in [6, 6.07) is -0.152. The average Bonchev–Trinajstić information content (AvgIpc) is 3.07. The summed E-state index contributed by atoms with van der Waals surface area (Å²) in [6.07, 6.45) is 5.99. The van der Waals surface area contributed by atoms with Crippen LogP contribution in [0.4, 0.5) is 5.00 Å². The van der Waals surface area contributed by atoms with Crippen LogP contribution in [0.3, 0.4) is 0 Å². The standard InChI is InChI=1S/C15H20N2O3S/c1-20-15(19)12-9-5-4-7-11(9)21-14(12)17-13(18)10-6-2-3-8-16-10/h10,16H,2-8H2,1H3,(H,17,18)/t10-/m0/s1. The molecule has 0 bridgehead atoms. The maximum Gasteiger partial charge on any atom is 0.341 e. The van der Waals surface area contributed by atoms with Gasteiger partial charge in [0.05, 0.1) is 18.7 Å². The molecule has 0 spiro atoms. The Morgan fingerprint density at radius 2 is 2.14 bits per heavy atom. The summed E-state index contributed by atoms with van der Waals surface area (Å²) in [5.74, 6) is -0.388. The van der Waals surface area contributed by atoms with E-state index < -0.39 is 0 Å². The molecular formula is C15H20N2O3S. The van der Waals surface area contributed by atoms with Gasteiger partial charge in [-0.1, -0.05) is 6.42 Å². The SMILES string of the molecule is COC(=O)c1c(NC(=O)[C@@H]2CCCCN2)sc2c1CCC2. The van der Waals surface area contributed by atoms with Gasteiger partial charge >= 0.3 is 5.97 Å². The third-order valence-corrected chi connectivity index (χ3v) is 5.38. The normalized spacial score (nSPS) is 20.9. The van der Waals surface area contributed by atoms with E-state index in [2.05, 4.69) is 10.6 Å². The second-order valence-electron chi connectivity index (χ2n) is 5.54. The topological polar surface area (TPSA) is 67.4 Å². The molecule has 0 aromatic carbocycles. The lowest BCUT2D eigenvalue weighted by atomic mass is 10.0. The molecule has 2 heterocycles. The fraction of sp³-hybridized carbons (Fsp3) is 0.600. The van der Waals surface area contributed by atoms with Crippen molar-refractivity contribution in [1.29, 1.82) is 0 Å². The molecule has 1 aliphatic carbocycles. The predicted octanol–water partition coefficient (Wildman–Crippen LogP) is 2.10. The monoisotopic (exact) mass is 308 g/mol. The highest BCUT2D eigenvalue weighted by Crippen LogP contribution is 2.39. The second-order valence-corrected chi connectivity index (χ2v) is 6.65. The van der Waals surface area contributed by atoms with E-state index >= 15 is 0 Å². The number of carbonyl (C=O) groups is 2. The van der Waals surface area contributed by atoms with Gasteiger partial charge in [-0.3, -0.25) is 4.79 Å². The molecule has 21 heavy (non-hydrogen) atoms. The number of amides is 1. The minimum atomic E-state index is -0.346. The van der Waals surface area contributed by atoms with E-state index in [1.807, 2.05) is 0 Å². The van der Waals surface area contributed by atoms with Gasteiger partial charge in [0.25, 0.3) is 0 Å². The van der Waals surface area contributed by atoms with Crippen LogP contribution in [0.1, 0.15) is 46.5 Å². The van der Waals surface area contributed by atoms with Crippen LogP contribution in [-0.4, -0.2) is 31.6 Å². The van der Waals surface area contributed by atoms with Crippen molar-refractivity contribution in [3.8, 4) is 0 Å². The Kier molecular flexibility index (Phi) is 4.26. The summed E-state index contributed by atoms with van der Waals surface area (Å²) in [7, 11) is 1.38. The number of nitrogens with one attached hydrogen (secondary N) is 2. The van der Waals surface area contributed by atoms with Crippen molar-refractivity contribution in [2.75, 3.05) is 19.0 Å². The zero-order chi connectivity index (χ0) is 14.8. The van der Waals surface area contributed by atoms with Crippen LogP contribution in [0.15, 0.2) is 0 Å². The van der Waals surface area contributed by atoms with E-state index in [-0.39, 0.29) is 17.9 Å². The Morgan fingerprint density at radius 1 is 1.29 bits per heavy atom. The number of esters is 1. The summed E-state index contributed by atoms with van der Waals surface area (Å²) in [4.78, 5) is 25.6. The molecule has 0 unspecified atom stereocenters. The van der Waals surface area contributed by atoms with Gasteiger partial charge in [0.2, 0.25) is 5.91 Å². The van der Waals surface area contributed by atoms with E-state index in [1.165, 1.54) is 23.3 Å². The quantitative estimate of drug-likeness (QED) is 0.839. The van der Waals surface area contributed by atoms with Gasteiger partial charge < -0.3 is 15.4 Å². The molecular weight excluding hydrogens is 288 g/mol. The van der Waals surface area contributed by atoms with Crippen molar-refractivity contribution in [2.45, 2.75) is 44.6 Å². The van der Waals surface area contributed by atoms with E-state index in [0.717, 1.165) is 50.6 Å². The van der Waals surface area contributed by atoms with Crippen LogP contribution in [0.25, 0.3) is 0 Å². The Bertz CT molecular complexity index is 562. The Labute approximate surface area is 128 Å². The van der Waals surface area contributed by atoms with Crippen LogP contribution in [0.5, 0.6) is 0 Å². The molecule has 1 atom stereocenters. The number of piperidine rings is 1. The van der Waals surface area contributed by atoms with Gasteiger partial charge in [0, 0.05) is 4.88 Å². The van der Waals surface area contributed by atoms with E-state index in [4.69, 9.17) is 4.74 Å². The number of methoxy groups -OCH3 is 1. The van der Waals surface area contributed by atoms with Crippen LogP contribution in [-0.2, 0) is 22.4 Å². The highest BCUT2D eigenvalue weighted by molar-refractivity contribution is 7.17. The first-order valence-corrected chi connectivity index (χ1v) is 8.29. The van der Waals surface area contributed by atoms with Crippen molar-refractivity contribution in [1.82, 2.24) is 5.32 Å². The van der Waals surface area contributed by atoms with Gasteiger partial charge in [-0.15, -0.1) is 11.3 Å². The molecule has 3 rings (SSSR count). The third kappa shape index (κ3) is 2.82. The lowest BCUT2D eigenvalue weighted by molar-refractivity contribution is -0.118. The molecule has 1 aromatic heterocycles. The summed E-state index contributed by atoms with van der Waals surface area (Å²) in [5.41, 5.74) is 1.64. The molecule has 0 saturated carbocycles. The molecule has 2 aliphatic rings. The second kappa shape index (κ2) is 6.15. The smallest absolute Gasteiger partial charge is 0.341 e. The van der Waals surface area contributed by atoms with Crippen LogP contribution in [0, 0.1) is 0 Å². The van der Waals surface area contributed by atoms with Gasteiger partial charge in [-0.05, 0) is 44.2 Å². The average molecular weight is 308 g/mol. The van der Waals surface area contributed by atoms with E-state index in [1.54, 1.807) is 0 Å². The first-order chi connectivity index (χ1) is 10.2. The number of fused-ring (bicyclic) bond motifs is 1. The number of anilines is 1. The fourth-order valence-corrected chi connectivity index (χ4v) is 4.37. The summed E-state index contributed by atoms with van der Waals surface area (Å²) < 4.78 is 4.89. The van der Waals surface area contributed by atoms with Crippen LogP contribution < -0.4 is 10.6 Å². The Hall–Kier alpha value is -1.40. The minimum Gasteiger partial charge on any atom is -0.465 e. The third-order valence-electron chi connectivity index (χ3n) is 4.17. The molecule has 1 amide bonds. The van der Waals surface area contributed by atoms with Crippen molar-refractivity contribution in [3.05, 3.63) is 16.0 Å². The molecule has 114 valence electrons. The van der Waals surface area contributed by atoms with Crippen molar-refractivity contribution in [2.24, 2.45) is 0 Å². The lowest BCUT2D eigenvalue weighted by Gasteiger charge is -2.22. The molecule has 1 aromatic rings. The summed E-state index contributed by atoms with van der Waals surface area (Å²) in [6.45, 7) is 0.878. The molecule has 6 heteroatoms. The largest absolute Gasteiger partial charge is 0.465 e. The van der Waals surface area contributed by atoms with E-state index in [0.29, 0.717) is 10.6 Å². The zero-order valence-electron chi connectivity index (χ0n) is 12.2. The first kappa shape index (κ1) is 14.5. The van der Waals surface area contributed by atoms with Crippen molar-refractivity contribution < 1.29 is 14.3 Å². The zero-order valence-corrected chi connectivity index (χ0v) is 13.0. The van der Waals surface area contributed by atoms with Crippen molar-refractivity contribution >= 4 is 28.2 Å². The number of aryl methyl sites for hydroxylation is 1. The molecule has 2 N–H and O–H groups in total. The predicted molar refractivity (Wildman–Crippen MR) is 82.0 cm³/mol. The number of carbonyl (C=O) groups excluding carboxylic acids is 2. The van der Waals surface area contributed by atoms with Gasteiger partial charge in [0.1, 0.15) is 5.00 Å². The molecule has 5 nitrogen and oxygen atoms in total. The van der Waals surface area contributed by atoms with Gasteiger partial charge in [-0.25, -0.2) is 4.79 Å². The minimum absolute atomic E-state index is 0.0419. The number of hydrogen-bond donors (Lipinski definition) is 2. The number of rotatable bonds is 3. The Balaban J connectivity index is 1.81. The highest BCUT2D eigenvalue weighted by atomic mass is 32.1. The fourth-order valence-electron chi connectivity index (χ4n) is 3.08. The highest BCUT2D eigenvalue weighted by Gasteiger charge is 2.29. The van der Waals surface area contributed by atoms with Gasteiger partial charge in [0.15, 0.2) is 0 Å². The molecule has 1 aliphatic heterocycles. The van der Waals surface area contributed by atoms with Crippen LogP contribution >= 0.6 is 11.3 Å². The first-order valence-electron chi connectivity index (χ1n) is 7.48. The van der Waals surface area contributed by atoms with E-state index in [9.17, 15) is 9.59 Å². The number of hydrogen-bond acceptors (Lipinski definition) is 5. The maximum atomic E-state index is 12.3. The van der Waals surface area contributed by atoms with Crippen molar-refractivity contribution in [3.63, 3.8) is 0 Å². The summed E-state index contributed by atoms with van der Waals surface area (Å²) in [5, 5.41) is 6.83. The number of ether oxygens (including phenoxy) is 1. The number of thiophene rings is 1. The molecule has 1 saturated heterocycles. The molecule has 0 radical (unpaired) electrons. The van der Waals surface area contributed by atoms with Crippen LogP contribution in [0.2, 0.25) is 0 Å². The lowest BCUT2D eigenvalue weighted by Crippen LogP contribution is -2.43. The molecule has 1 fully saturated rings.